The Bertz CT molecular complexity index is 1080. The second-order valence-corrected chi connectivity index (χ2v) is 9.75. The predicted molar refractivity (Wildman–Crippen MR) is 106 cm³/mol. The van der Waals surface area contributed by atoms with Gasteiger partial charge in [-0.05, 0) is 36.6 Å². The maximum atomic E-state index is 12.9. The Balaban J connectivity index is 1.32. The van der Waals surface area contributed by atoms with Crippen LogP contribution in [0, 0.1) is 0 Å². The van der Waals surface area contributed by atoms with Crippen LogP contribution in [-0.2, 0) is 20.8 Å². The number of anilines is 2. The second-order valence-electron chi connectivity index (χ2n) is 7.79. The topological polar surface area (TPSA) is 122 Å². The van der Waals surface area contributed by atoms with Crippen LogP contribution in [0.1, 0.15) is 25.2 Å². The van der Waals surface area contributed by atoms with Gasteiger partial charge in [0, 0.05) is 31.9 Å². The number of likely N-dealkylation sites (tertiary alicyclic amines) is 1. The van der Waals surface area contributed by atoms with E-state index in [1.54, 1.807) is 15.9 Å². The molecule has 2 fully saturated rings. The van der Waals surface area contributed by atoms with Crippen molar-refractivity contribution in [2.75, 3.05) is 36.1 Å². The number of sulfone groups is 1. The van der Waals surface area contributed by atoms with Gasteiger partial charge in [-0.1, -0.05) is 0 Å². The molecule has 174 valence electrons. The van der Waals surface area contributed by atoms with Crippen LogP contribution in [0.5, 0.6) is 0 Å². The summed E-state index contributed by atoms with van der Waals surface area (Å²) in [5.74, 6) is -1.56. The molecule has 0 radical (unpaired) electrons. The first kappa shape index (κ1) is 22.3. The van der Waals surface area contributed by atoms with E-state index < -0.39 is 27.9 Å². The number of piperidine rings is 1. The Labute approximate surface area is 181 Å². The third-order valence-electron chi connectivity index (χ3n) is 5.54. The summed E-state index contributed by atoms with van der Waals surface area (Å²) in [6.07, 6.45) is -0.524. The Kier molecular flexibility index (Phi) is 5.73. The molecule has 1 N–H and O–H groups in total. The first-order chi connectivity index (χ1) is 15.0. The molecule has 2 aromatic rings. The van der Waals surface area contributed by atoms with E-state index in [9.17, 15) is 26.4 Å². The van der Waals surface area contributed by atoms with E-state index in [-0.39, 0.29) is 22.9 Å². The number of amides is 1. The molecule has 0 spiro atoms. The minimum absolute atomic E-state index is 0.0368. The summed E-state index contributed by atoms with van der Waals surface area (Å²) in [6.45, 7) is 1.36. The van der Waals surface area contributed by atoms with E-state index in [1.165, 1.54) is 12.3 Å². The molecular weight excluding hydrogens is 453 g/mol. The third-order valence-corrected chi connectivity index (χ3v) is 6.54. The Morgan fingerprint density at radius 3 is 2.44 bits per heavy atom. The van der Waals surface area contributed by atoms with E-state index in [1.807, 2.05) is 0 Å². The molecule has 1 amide bonds. The lowest BCUT2D eigenvalue weighted by Crippen LogP contribution is -2.47. The van der Waals surface area contributed by atoms with E-state index >= 15 is 0 Å². The molecule has 0 bridgehead atoms. The van der Waals surface area contributed by atoms with Crippen molar-refractivity contribution in [1.82, 2.24) is 20.0 Å². The van der Waals surface area contributed by atoms with Gasteiger partial charge in [-0.15, -0.1) is 0 Å². The van der Waals surface area contributed by atoms with Gasteiger partial charge in [-0.25, -0.2) is 13.4 Å². The Morgan fingerprint density at radius 1 is 1.16 bits per heavy atom. The molecule has 0 unspecified atom stereocenters. The zero-order valence-electron chi connectivity index (χ0n) is 17.0. The van der Waals surface area contributed by atoms with Crippen LogP contribution in [0.2, 0.25) is 0 Å². The van der Waals surface area contributed by atoms with Crippen molar-refractivity contribution < 1.29 is 30.9 Å². The van der Waals surface area contributed by atoms with Gasteiger partial charge in [0.1, 0.15) is 6.04 Å². The van der Waals surface area contributed by atoms with E-state index in [0.717, 1.165) is 6.26 Å². The van der Waals surface area contributed by atoms with Crippen molar-refractivity contribution in [3.05, 3.63) is 24.2 Å². The van der Waals surface area contributed by atoms with E-state index in [4.69, 9.17) is 0 Å². The number of rotatable bonds is 5. The summed E-state index contributed by atoms with van der Waals surface area (Å²) in [4.78, 5) is 23.6. The van der Waals surface area contributed by atoms with Gasteiger partial charge in [0.05, 0.1) is 11.9 Å². The number of alkyl halides is 3. The lowest BCUT2D eigenvalue weighted by molar-refractivity contribution is -0.159. The molecule has 32 heavy (non-hydrogen) atoms. The SMILES string of the molecule is CS(=O)(=O)c1ccc(N[C@H]2CCN(C3CCN(c4noc(C(F)(F)F)n4)CC3)C2=O)cn1. The Hall–Kier alpha value is -2.90. The third kappa shape index (κ3) is 4.64. The van der Waals surface area contributed by atoms with Gasteiger partial charge in [0.15, 0.2) is 14.9 Å². The van der Waals surface area contributed by atoms with Gasteiger partial charge in [-0.2, -0.15) is 18.2 Å². The highest BCUT2D eigenvalue weighted by atomic mass is 32.2. The van der Waals surface area contributed by atoms with E-state index in [2.05, 4.69) is 25.0 Å². The molecule has 2 saturated heterocycles. The maximum absolute atomic E-state index is 12.9. The molecule has 1 atom stereocenters. The zero-order valence-corrected chi connectivity index (χ0v) is 17.9. The summed E-state index contributed by atoms with van der Waals surface area (Å²) in [7, 11) is -3.40. The molecule has 0 saturated carbocycles. The van der Waals surface area contributed by atoms with Crippen LogP contribution >= 0.6 is 0 Å². The van der Waals surface area contributed by atoms with Crippen molar-refractivity contribution in [2.45, 2.75) is 42.5 Å². The van der Waals surface area contributed by atoms with Crippen molar-refractivity contribution in [3.8, 4) is 0 Å². The lowest BCUT2D eigenvalue weighted by Gasteiger charge is -2.36. The normalized spacial score (nSPS) is 20.8. The monoisotopic (exact) mass is 474 g/mol. The zero-order chi connectivity index (χ0) is 23.1. The van der Waals surface area contributed by atoms with Gasteiger partial charge in [0.25, 0.3) is 5.95 Å². The number of carbonyl (C=O) groups is 1. The number of carbonyl (C=O) groups excluding carboxylic acids is 1. The van der Waals surface area contributed by atoms with Crippen LogP contribution in [0.4, 0.5) is 24.8 Å². The molecule has 10 nitrogen and oxygen atoms in total. The fourth-order valence-electron chi connectivity index (χ4n) is 3.92. The number of nitrogens with zero attached hydrogens (tertiary/aromatic N) is 5. The molecule has 4 rings (SSSR count). The summed E-state index contributed by atoms with van der Waals surface area (Å²) in [5.41, 5.74) is 0.546. The fourth-order valence-corrected chi connectivity index (χ4v) is 4.48. The van der Waals surface area contributed by atoms with Gasteiger partial charge in [0.2, 0.25) is 5.91 Å². The average Bonchev–Trinajstić information content (AvgIpc) is 3.36. The van der Waals surface area contributed by atoms with Crippen LogP contribution < -0.4 is 10.2 Å². The average molecular weight is 474 g/mol. The number of aromatic nitrogens is 3. The highest BCUT2D eigenvalue weighted by Crippen LogP contribution is 2.30. The first-order valence-corrected chi connectivity index (χ1v) is 11.8. The molecule has 2 aliphatic rings. The minimum atomic E-state index is -4.69. The largest absolute Gasteiger partial charge is 0.471 e. The maximum Gasteiger partial charge on any atom is 0.471 e. The number of halogens is 3. The van der Waals surface area contributed by atoms with Crippen molar-refractivity contribution in [3.63, 3.8) is 0 Å². The minimum Gasteiger partial charge on any atom is -0.372 e. The number of hydrogen-bond donors (Lipinski definition) is 1. The number of hydrogen-bond acceptors (Lipinski definition) is 9. The quantitative estimate of drug-likeness (QED) is 0.688. The summed E-state index contributed by atoms with van der Waals surface area (Å²) >= 11 is 0. The number of pyridine rings is 1. The number of nitrogens with one attached hydrogen (secondary N) is 1. The summed E-state index contributed by atoms with van der Waals surface area (Å²) < 4.78 is 65.2. The molecule has 2 aromatic heterocycles. The van der Waals surface area contributed by atoms with Crippen molar-refractivity contribution in [2.24, 2.45) is 0 Å². The first-order valence-electron chi connectivity index (χ1n) is 9.91. The van der Waals surface area contributed by atoms with Crippen LogP contribution in [-0.4, -0.2) is 72.3 Å². The molecule has 0 aliphatic carbocycles. The predicted octanol–water partition coefficient (Wildman–Crippen LogP) is 1.57. The molecule has 14 heteroatoms. The summed E-state index contributed by atoms with van der Waals surface area (Å²) in [5, 5.41) is 6.46. The molecular formula is C18H21F3N6O4S. The van der Waals surface area contributed by atoms with Gasteiger partial charge >= 0.3 is 12.1 Å². The van der Waals surface area contributed by atoms with Crippen LogP contribution in [0.25, 0.3) is 0 Å². The molecule has 4 heterocycles. The highest BCUT2D eigenvalue weighted by molar-refractivity contribution is 7.90. The lowest BCUT2D eigenvalue weighted by atomic mass is 10.0. The van der Waals surface area contributed by atoms with Crippen molar-refractivity contribution in [1.29, 1.82) is 0 Å². The fraction of sp³-hybridized carbons (Fsp3) is 0.556. The van der Waals surface area contributed by atoms with E-state index in [0.29, 0.717) is 44.6 Å². The highest BCUT2D eigenvalue weighted by Gasteiger charge is 2.40. The second kappa shape index (κ2) is 8.22. The molecule has 2 aliphatic heterocycles. The summed E-state index contributed by atoms with van der Waals surface area (Å²) in [6, 6.07) is 2.46. The Morgan fingerprint density at radius 2 is 1.88 bits per heavy atom. The van der Waals surface area contributed by atoms with Crippen LogP contribution in [0.3, 0.4) is 0 Å². The molecule has 0 aromatic carbocycles. The standard InChI is InChI=1S/C18H21F3N6O4S/c1-32(29,30)14-3-2-11(10-22-14)23-13-6-9-27(15(13)28)12-4-7-26(8-5-12)17-24-16(31-25-17)18(19,20)21/h2-3,10,12-13,23H,4-9H2,1H3/t13-/m0/s1. The van der Waals surface area contributed by atoms with Crippen LogP contribution in [0.15, 0.2) is 27.9 Å². The van der Waals surface area contributed by atoms with Gasteiger partial charge < -0.3 is 19.6 Å². The van der Waals surface area contributed by atoms with Crippen molar-refractivity contribution >= 4 is 27.4 Å². The smallest absolute Gasteiger partial charge is 0.372 e. The van der Waals surface area contributed by atoms with Gasteiger partial charge in [-0.3, -0.25) is 4.79 Å².